The lowest BCUT2D eigenvalue weighted by Crippen LogP contribution is -2.46. The van der Waals surface area contributed by atoms with Gasteiger partial charge >= 0.3 is 12.1 Å². The van der Waals surface area contributed by atoms with Crippen molar-refractivity contribution in [1.82, 2.24) is 9.88 Å². The summed E-state index contributed by atoms with van der Waals surface area (Å²) in [6.07, 6.45) is -0.244. The first-order chi connectivity index (χ1) is 25.1. The molecule has 0 aliphatic carbocycles. The Morgan fingerprint density at radius 2 is 1.56 bits per heavy atom. The molecule has 0 radical (unpaired) electrons. The number of nitrogens with zero attached hydrogens (tertiary/aromatic N) is 1. The highest BCUT2D eigenvalue weighted by Crippen LogP contribution is 2.42. The Morgan fingerprint density at radius 1 is 0.889 bits per heavy atom. The van der Waals surface area contributed by atoms with E-state index in [1.54, 1.807) is 68.1 Å². The van der Waals surface area contributed by atoms with Crippen LogP contribution >= 0.6 is 0 Å². The molecular formula is C41H53N3O9Si. The molecule has 2 atom stereocenters. The number of nitrogens with one attached hydrogen (secondary N) is 2. The molecular weight excluding hydrogens is 707 g/mol. The van der Waals surface area contributed by atoms with Crippen LogP contribution in [-0.2, 0) is 24.4 Å². The summed E-state index contributed by atoms with van der Waals surface area (Å²) in [7, 11) is -2.46. The molecule has 290 valence electrons. The predicted molar refractivity (Wildman–Crippen MR) is 211 cm³/mol. The lowest BCUT2D eigenvalue weighted by atomic mass is 9.86. The van der Waals surface area contributed by atoms with Crippen molar-refractivity contribution in [3.05, 3.63) is 106 Å². The number of aromatic hydroxyl groups is 1. The lowest BCUT2D eigenvalue weighted by Gasteiger charge is -2.41. The fraction of sp³-hybridized carbons (Fsp3) is 0.415. The van der Waals surface area contributed by atoms with Crippen LogP contribution in [-0.4, -0.2) is 70.2 Å². The van der Waals surface area contributed by atoms with E-state index >= 15 is 0 Å². The van der Waals surface area contributed by atoms with Gasteiger partial charge in [-0.05, 0) is 87.1 Å². The zero-order chi connectivity index (χ0) is 40.1. The minimum atomic E-state index is -2.46. The SMILES string of the molecule is CC(C)(C)OC(=O)N(CCCCC(=O)Nc1cccc(C(O)(C(=O)O)c2ccccc2)c1)C[C@H](O[Si](C)(C)C(C)(C)C)c1ccc(O)c2[nH]c(=O)ccc12. The monoisotopic (exact) mass is 759 g/mol. The number of aliphatic hydroxyl groups is 1. The van der Waals surface area contributed by atoms with Crippen LogP contribution in [0.3, 0.4) is 0 Å². The molecule has 0 saturated carbocycles. The first kappa shape index (κ1) is 41.8. The van der Waals surface area contributed by atoms with Gasteiger partial charge in [0.1, 0.15) is 11.4 Å². The van der Waals surface area contributed by atoms with E-state index in [0.717, 1.165) is 0 Å². The average Bonchev–Trinajstić information content (AvgIpc) is 3.08. The van der Waals surface area contributed by atoms with Crippen LogP contribution < -0.4 is 10.9 Å². The van der Waals surface area contributed by atoms with Gasteiger partial charge in [0.15, 0.2) is 8.32 Å². The minimum Gasteiger partial charge on any atom is -0.506 e. The van der Waals surface area contributed by atoms with Crippen LogP contribution in [0.5, 0.6) is 5.75 Å². The van der Waals surface area contributed by atoms with Crippen molar-refractivity contribution in [3.63, 3.8) is 0 Å². The number of aromatic amines is 1. The van der Waals surface area contributed by atoms with Gasteiger partial charge in [0.25, 0.3) is 0 Å². The normalized spacial score (nSPS) is 13.9. The Hall–Kier alpha value is -4.98. The molecule has 3 aromatic carbocycles. The third kappa shape index (κ3) is 10.2. The van der Waals surface area contributed by atoms with Gasteiger partial charge in [-0.15, -0.1) is 0 Å². The van der Waals surface area contributed by atoms with Gasteiger partial charge in [0.05, 0.1) is 18.2 Å². The second-order valence-electron chi connectivity index (χ2n) is 16.0. The standard InChI is InChI=1S/C41H53N3O9Si/c1-39(2,3)52-38(50)44(26-33(53-54(7,8)40(4,5)6)30-20-22-32(45)36-31(30)21-23-35(47)43-36)24-13-12-19-34(46)42-29-18-14-17-28(25-29)41(51,37(48)49)27-15-10-9-11-16-27/h9-11,14-18,20-23,25,33,45,51H,12-13,19,24,26H2,1-8H3,(H,42,46)(H,43,47)(H,48,49)/t33-,41?/m0/s1. The molecule has 4 aromatic rings. The van der Waals surface area contributed by atoms with Crippen molar-refractivity contribution in [2.45, 2.75) is 96.2 Å². The van der Waals surface area contributed by atoms with E-state index in [1.165, 1.54) is 36.4 Å². The number of rotatable bonds is 14. The molecule has 5 N–H and O–H groups in total. The number of unbranched alkanes of at least 4 members (excludes halogenated alkanes) is 1. The zero-order valence-electron chi connectivity index (χ0n) is 32.4. The van der Waals surface area contributed by atoms with Gasteiger partial charge in [-0.3, -0.25) is 9.59 Å². The Morgan fingerprint density at radius 3 is 2.19 bits per heavy atom. The minimum absolute atomic E-state index is 0.0831. The second-order valence-corrected chi connectivity index (χ2v) is 20.8. The fourth-order valence-corrected chi connectivity index (χ4v) is 7.05. The number of aliphatic carboxylic acids is 1. The third-order valence-corrected chi connectivity index (χ3v) is 14.2. The van der Waals surface area contributed by atoms with Crippen LogP contribution in [0.25, 0.3) is 10.9 Å². The van der Waals surface area contributed by atoms with Gasteiger partial charge < -0.3 is 39.7 Å². The first-order valence-corrected chi connectivity index (χ1v) is 21.0. The number of carbonyl (C=O) groups excluding carboxylic acids is 2. The van der Waals surface area contributed by atoms with Crippen molar-refractivity contribution in [2.24, 2.45) is 0 Å². The van der Waals surface area contributed by atoms with Gasteiger partial charge in [-0.2, -0.15) is 0 Å². The smallest absolute Gasteiger partial charge is 0.410 e. The topological polar surface area (TPSA) is 178 Å². The quantitative estimate of drug-likeness (QED) is 0.0638. The summed E-state index contributed by atoms with van der Waals surface area (Å²) in [5.41, 5.74) is -1.89. The number of anilines is 1. The summed E-state index contributed by atoms with van der Waals surface area (Å²) in [4.78, 5) is 55.5. The van der Waals surface area contributed by atoms with E-state index in [9.17, 15) is 34.5 Å². The van der Waals surface area contributed by atoms with E-state index in [2.05, 4.69) is 44.2 Å². The number of phenols is 1. The number of amides is 2. The van der Waals surface area contributed by atoms with Crippen molar-refractivity contribution in [1.29, 1.82) is 0 Å². The predicted octanol–water partition coefficient (Wildman–Crippen LogP) is 7.66. The summed E-state index contributed by atoms with van der Waals surface area (Å²) < 4.78 is 12.8. The Labute approximate surface area is 317 Å². The number of ether oxygens (including phenoxy) is 1. The maximum absolute atomic E-state index is 13.7. The number of phenolic OH excluding ortho intramolecular Hbond substituents is 1. The maximum Gasteiger partial charge on any atom is 0.410 e. The molecule has 0 spiro atoms. The molecule has 0 bridgehead atoms. The van der Waals surface area contributed by atoms with Crippen molar-refractivity contribution in [3.8, 4) is 5.75 Å². The van der Waals surface area contributed by atoms with Crippen LogP contribution in [0, 0.1) is 0 Å². The summed E-state index contributed by atoms with van der Waals surface area (Å²) >= 11 is 0. The average molecular weight is 760 g/mol. The highest BCUT2D eigenvalue weighted by Gasteiger charge is 2.42. The number of fused-ring (bicyclic) bond motifs is 1. The molecule has 2 amide bonds. The van der Waals surface area contributed by atoms with Gasteiger partial charge in [0.2, 0.25) is 17.1 Å². The Bertz CT molecular complexity index is 2020. The largest absolute Gasteiger partial charge is 0.506 e. The number of benzene rings is 3. The Kier molecular flexibility index (Phi) is 12.8. The first-order valence-electron chi connectivity index (χ1n) is 18.0. The van der Waals surface area contributed by atoms with Crippen LogP contribution in [0.4, 0.5) is 10.5 Å². The van der Waals surface area contributed by atoms with Crippen LogP contribution in [0.1, 0.15) is 83.6 Å². The number of carboxylic acid groups (broad SMARTS) is 1. The summed E-state index contributed by atoms with van der Waals surface area (Å²) in [5.74, 6) is -1.85. The molecule has 4 rings (SSSR count). The number of H-pyrrole nitrogens is 1. The summed E-state index contributed by atoms with van der Waals surface area (Å²) in [6, 6.07) is 20.4. The Balaban J connectivity index is 1.53. The van der Waals surface area contributed by atoms with E-state index in [4.69, 9.17) is 9.16 Å². The number of pyridine rings is 1. The van der Waals surface area contributed by atoms with E-state index < -0.39 is 37.7 Å². The van der Waals surface area contributed by atoms with E-state index in [1.807, 2.05) is 0 Å². The molecule has 12 nitrogen and oxygen atoms in total. The summed E-state index contributed by atoms with van der Waals surface area (Å²) in [5, 5.41) is 35.1. The van der Waals surface area contributed by atoms with E-state index in [-0.39, 0.29) is 58.4 Å². The molecule has 0 aliphatic rings. The molecule has 1 unspecified atom stereocenters. The third-order valence-electron chi connectivity index (χ3n) is 9.68. The number of aromatic nitrogens is 1. The van der Waals surface area contributed by atoms with Crippen LogP contribution in [0.2, 0.25) is 18.1 Å². The molecule has 0 fully saturated rings. The van der Waals surface area contributed by atoms with Gasteiger partial charge in [-0.1, -0.05) is 69.3 Å². The van der Waals surface area contributed by atoms with Crippen molar-refractivity contribution < 1.29 is 38.9 Å². The van der Waals surface area contributed by atoms with Crippen LogP contribution in [0.15, 0.2) is 83.7 Å². The zero-order valence-corrected chi connectivity index (χ0v) is 33.4. The summed E-state index contributed by atoms with van der Waals surface area (Å²) in [6.45, 7) is 16.3. The number of hydrogen-bond donors (Lipinski definition) is 5. The molecule has 0 aliphatic heterocycles. The molecule has 0 saturated heterocycles. The molecule has 54 heavy (non-hydrogen) atoms. The van der Waals surface area contributed by atoms with Crippen molar-refractivity contribution in [2.75, 3.05) is 18.4 Å². The molecule has 1 aromatic heterocycles. The molecule has 13 heteroatoms. The fourth-order valence-electron chi connectivity index (χ4n) is 5.78. The molecule has 1 heterocycles. The lowest BCUT2D eigenvalue weighted by molar-refractivity contribution is -0.155. The van der Waals surface area contributed by atoms with E-state index in [0.29, 0.717) is 29.5 Å². The van der Waals surface area contributed by atoms with Crippen molar-refractivity contribution >= 4 is 42.9 Å². The number of carbonyl (C=O) groups is 3. The second kappa shape index (κ2) is 16.6. The maximum atomic E-state index is 13.7. The number of carboxylic acids is 1. The number of hydrogen-bond acceptors (Lipinski definition) is 8. The van der Waals surface area contributed by atoms with Gasteiger partial charge in [0, 0.05) is 35.7 Å². The highest BCUT2D eigenvalue weighted by atomic mass is 28.4. The highest BCUT2D eigenvalue weighted by molar-refractivity contribution is 6.74. The van der Waals surface area contributed by atoms with Gasteiger partial charge in [-0.25, -0.2) is 9.59 Å².